The first kappa shape index (κ1) is 23.4. The number of fused-ring (bicyclic) bond motifs is 1. The molecule has 1 spiro atoms. The maximum absolute atomic E-state index is 13.2. The first-order valence-corrected chi connectivity index (χ1v) is 12.5. The Labute approximate surface area is 209 Å². The van der Waals surface area contributed by atoms with Crippen LogP contribution in [0, 0.1) is 5.92 Å². The van der Waals surface area contributed by atoms with E-state index in [2.05, 4.69) is 15.6 Å². The Morgan fingerprint density at radius 1 is 1.14 bits per heavy atom. The minimum absolute atomic E-state index is 0.0484. The maximum Gasteiger partial charge on any atom is 0.325 e. The first-order valence-electron chi connectivity index (χ1n) is 12.1. The van der Waals surface area contributed by atoms with Crippen molar-refractivity contribution in [3.8, 4) is 0 Å². The summed E-state index contributed by atoms with van der Waals surface area (Å²) in [6, 6.07) is 15.1. The predicted molar refractivity (Wildman–Crippen MR) is 135 cm³/mol. The van der Waals surface area contributed by atoms with E-state index in [-0.39, 0.29) is 36.7 Å². The second kappa shape index (κ2) is 9.38. The van der Waals surface area contributed by atoms with Crippen molar-refractivity contribution in [3.05, 3.63) is 70.9 Å². The molecule has 2 aliphatic rings. The van der Waals surface area contributed by atoms with Crippen LogP contribution in [0.4, 0.5) is 4.79 Å². The second-order valence-corrected chi connectivity index (χ2v) is 10.0. The van der Waals surface area contributed by atoms with Gasteiger partial charge in [-0.1, -0.05) is 67.8 Å². The van der Waals surface area contributed by atoms with Crippen molar-refractivity contribution in [3.63, 3.8) is 0 Å². The van der Waals surface area contributed by atoms with Gasteiger partial charge in [-0.2, -0.15) is 0 Å². The average Bonchev–Trinajstić information content (AvgIpc) is 3.38. The van der Waals surface area contributed by atoms with Gasteiger partial charge in [-0.05, 0) is 42.0 Å². The Morgan fingerprint density at radius 2 is 1.91 bits per heavy atom. The summed E-state index contributed by atoms with van der Waals surface area (Å²) in [5.74, 6) is -0.834. The van der Waals surface area contributed by atoms with Crippen molar-refractivity contribution in [1.82, 2.24) is 20.5 Å². The standard InChI is InChI=1S/C27H29ClN4O3/c1-17-8-6-7-13-27(17)25(34)32(26(35)31-27)16-24(33)30-15-20(18-9-2-4-11-22(18)28)21-14-29-23-12-5-3-10-19(21)23/h2-5,9-12,14,17,20,29H,6-8,13,15-16H2,1H3,(H,30,33)(H,31,35). The highest BCUT2D eigenvalue weighted by Gasteiger charge is 2.55. The fraction of sp³-hybridized carbons (Fsp3) is 0.370. The number of imide groups is 1. The fourth-order valence-corrected chi connectivity index (χ4v) is 5.85. The van der Waals surface area contributed by atoms with Crippen LogP contribution in [0.5, 0.6) is 0 Å². The van der Waals surface area contributed by atoms with Crippen LogP contribution in [0.3, 0.4) is 0 Å². The van der Waals surface area contributed by atoms with Crippen molar-refractivity contribution >= 4 is 40.3 Å². The molecule has 3 aromatic rings. The van der Waals surface area contributed by atoms with Gasteiger partial charge in [0.15, 0.2) is 0 Å². The normalized spacial score (nSPS) is 23.0. The van der Waals surface area contributed by atoms with Gasteiger partial charge in [0.05, 0.1) is 0 Å². The molecule has 1 saturated carbocycles. The van der Waals surface area contributed by atoms with Crippen molar-refractivity contribution in [1.29, 1.82) is 0 Å². The third-order valence-corrected chi connectivity index (χ3v) is 7.93. The van der Waals surface area contributed by atoms with E-state index in [0.717, 1.165) is 46.2 Å². The molecule has 1 aromatic heterocycles. The molecule has 3 atom stereocenters. The van der Waals surface area contributed by atoms with Crippen LogP contribution >= 0.6 is 11.6 Å². The van der Waals surface area contributed by atoms with E-state index >= 15 is 0 Å². The molecule has 2 fully saturated rings. The number of hydrogen-bond donors (Lipinski definition) is 3. The molecule has 1 saturated heterocycles. The number of hydrogen-bond acceptors (Lipinski definition) is 3. The second-order valence-electron chi connectivity index (χ2n) is 9.61. The molecule has 1 aliphatic carbocycles. The Kier molecular flexibility index (Phi) is 6.28. The number of urea groups is 1. The Hall–Kier alpha value is -3.32. The largest absolute Gasteiger partial charge is 0.361 e. The van der Waals surface area contributed by atoms with Crippen molar-refractivity contribution in [2.75, 3.05) is 13.1 Å². The van der Waals surface area contributed by atoms with Gasteiger partial charge in [-0.15, -0.1) is 0 Å². The lowest BCUT2D eigenvalue weighted by Gasteiger charge is -2.36. The van der Waals surface area contributed by atoms with Gasteiger partial charge in [0.25, 0.3) is 5.91 Å². The summed E-state index contributed by atoms with van der Waals surface area (Å²) in [4.78, 5) is 43.2. The van der Waals surface area contributed by atoms with E-state index in [9.17, 15) is 14.4 Å². The monoisotopic (exact) mass is 492 g/mol. The molecule has 1 aliphatic heterocycles. The van der Waals surface area contributed by atoms with E-state index in [0.29, 0.717) is 11.4 Å². The van der Waals surface area contributed by atoms with Crippen molar-refractivity contribution in [2.45, 2.75) is 44.1 Å². The number of para-hydroxylation sites is 1. The Balaban J connectivity index is 1.34. The van der Waals surface area contributed by atoms with E-state index in [1.165, 1.54) is 0 Å². The van der Waals surface area contributed by atoms with Crippen LogP contribution in [0.2, 0.25) is 5.02 Å². The zero-order chi connectivity index (χ0) is 24.6. The lowest BCUT2D eigenvalue weighted by molar-refractivity contribution is -0.137. The fourth-order valence-electron chi connectivity index (χ4n) is 5.58. The van der Waals surface area contributed by atoms with Crippen LogP contribution in [0.1, 0.15) is 49.7 Å². The number of carbonyl (C=O) groups is 3. The minimum Gasteiger partial charge on any atom is -0.361 e. The number of rotatable bonds is 6. The van der Waals surface area contributed by atoms with Crippen LogP contribution in [-0.4, -0.2) is 46.4 Å². The lowest BCUT2D eigenvalue weighted by atomic mass is 9.73. The number of nitrogens with one attached hydrogen (secondary N) is 3. The molecule has 0 radical (unpaired) electrons. The molecular formula is C27H29ClN4O3. The van der Waals surface area contributed by atoms with Gasteiger partial charge in [0.1, 0.15) is 12.1 Å². The number of aromatic amines is 1. The molecule has 8 heteroatoms. The molecule has 4 amide bonds. The number of halogens is 1. The summed E-state index contributed by atoms with van der Waals surface area (Å²) < 4.78 is 0. The van der Waals surface area contributed by atoms with Crippen LogP contribution in [0.15, 0.2) is 54.7 Å². The molecule has 7 nitrogen and oxygen atoms in total. The molecular weight excluding hydrogens is 464 g/mol. The smallest absolute Gasteiger partial charge is 0.325 e. The van der Waals surface area contributed by atoms with Gasteiger partial charge in [0, 0.05) is 34.6 Å². The topological polar surface area (TPSA) is 94.3 Å². The number of aromatic nitrogens is 1. The number of benzene rings is 2. The Bertz CT molecular complexity index is 1290. The molecule has 2 heterocycles. The van der Waals surface area contributed by atoms with E-state index in [4.69, 9.17) is 11.6 Å². The van der Waals surface area contributed by atoms with E-state index in [1.807, 2.05) is 61.7 Å². The first-order chi connectivity index (χ1) is 16.9. The summed E-state index contributed by atoms with van der Waals surface area (Å²) in [7, 11) is 0. The van der Waals surface area contributed by atoms with Gasteiger partial charge in [0.2, 0.25) is 5.91 Å². The minimum atomic E-state index is -0.875. The van der Waals surface area contributed by atoms with E-state index < -0.39 is 11.6 Å². The number of amides is 4. The zero-order valence-electron chi connectivity index (χ0n) is 19.6. The summed E-state index contributed by atoms with van der Waals surface area (Å²) in [5.41, 5.74) is 2.03. The number of nitrogens with zero attached hydrogens (tertiary/aromatic N) is 1. The summed E-state index contributed by atoms with van der Waals surface area (Å²) >= 11 is 6.55. The van der Waals surface area contributed by atoms with E-state index in [1.54, 1.807) is 0 Å². The van der Waals surface area contributed by atoms with Crippen molar-refractivity contribution in [2.24, 2.45) is 5.92 Å². The zero-order valence-corrected chi connectivity index (χ0v) is 20.4. The van der Waals surface area contributed by atoms with Gasteiger partial charge in [-0.3, -0.25) is 14.5 Å². The molecule has 2 aromatic carbocycles. The Morgan fingerprint density at radius 3 is 2.71 bits per heavy atom. The summed E-state index contributed by atoms with van der Waals surface area (Å²) in [5, 5.41) is 7.51. The third-order valence-electron chi connectivity index (χ3n) is 7.58. The SMILES string of the molecule is CC1CCCCC12NC(=O)N(CC(=O)NCC(c1ccccc1Cl)c1c[nH]c3ccccc13)C2=O. The van der Waals surface area contributed by atoms with Gasteiger partial charge < -0.3 is 15.6 Å². The van der Waals surface area contributed by atoms with Crippen LogP contribution in [0.25, 0.3) is 10.9 Å². The molecule has 0 bridgehead atoms. The van der Waals surface area contributed by atoms with Gasteiger partial charge in [-0.25, -0.2) is 4.79 Å². The molecule has 3 unspecified atom stereocenters. The summed E-state index contributed by atoms with van der Waals surface area (Å²) in [6.07, 6.45) is 5.38. The van der Waals surface area contributed by atoms with Gasteiger partial charge >= 0.3 is 6.03 Å². The predicted octanol–water partition coefficient (Wildman–Crippen LogP) is 4.57. The molecule has 35 heavy (non-hydrogen) atoms. The highest BCUT2D eigenvalue weighted by molar-refractivity contribution is 6.31. The lowest BCUT2D eigenvalue weighted by Crippen LogP contribution is -2.54. The third kappa shape index (κ3) is 4.18. The van der Waals surface area contributed by atoms with Crippen LogP contribution < -0.4 is 10.6 Å². The highest BCUT2D eigenvalue weighted by atomic mass is 35.5. The maximum atomic E-state index is 13.2. The van der Waals surface area contributed by atoms with Crippen LogP contribution in [-0.2, 0) is 9.59 Å². The number of H-pyrrole nitrogens is 1. The molecule has 182 valence electrons. The highest BCUT2D eigenvalue weighted by Crippen LogP contribution is 2.38. The quantitative estimate of drug-likeness (QED) is 0.440. The average molecular weight is 493 g/mol. The molecule has 5 rings (SSSR count). The number of carbonyl (C=O) groups excluding carboxylic acids is 3. The molecule has 3 N–H and O–H groups in total. The van der Waals surface area contributed by atoms with Crippen molar-refractivity contribution < 1.29 is 14.4 Å². The summed E-state index contributed by atoms with van der Waals surface area (Å²) in [6.45, 7) is 1.97.